The molecule has 1 nitrogen and oxygen atoms in total. The average Bonchev–Trinajstić information content (AvgIpc) is 2.91. The molecule has 0 amide bonds. The fourth-order valence-electron chi connectivity index (χ4n) is 3.35. The van der Waals surface area contributed by atoms with Gasteiger partial charge in [-0.05, 0) is 30.5 Å². The highest BCUT2D eigenvalue weighted by Crippen LogP contribution is 2.48. The van der Waals surface area contributed by atoms with Crippen LogP contribution in [0.3, 0.4) is 0 Å². The minimum absolute atomic E-state index is 0.0103. The Morgan fingerprint density at radius 2 is 1.68 bits per heavy atom. The van der Waals surface area contributed by atoms with E-state index in [4.69, 9.17) is 4.74 Å². The van der Waals surface area contributed by atoms with Gasteiger partial charge in [-0.25, -0.2) is 0 Å². The molecule has 1 heterocycles. The van der Waals surface area contributed by atoms with Crippen molar-refractivity contribution >= 4 is 17.5 Å². The van der Waals surface area contributed by atoms with Crippen molar-refractivity contribution in [3.8, 4) is 0 Å². The lowest BCUT2D eigenvalue weighted by Crippen LogP contribution is -2.22. The van der Waals surface area contributed by atoms with E-state index >= 15 is 0 Å². The molecule has 2 aliphatic rings. The maximum absolute atomic E-state index is 12.8. The van der Waals surface area contributed by atoms with Crippen LogP contribution in [0.5, 0.6) is 0 Å². The van der Waals surface area contributed by atoms with Crippen LogP contribution in [0.1, 0.15) is 44.1 Å². The van der Waals surface area contributed by atoms with E-state index in [-0.39, 0.29) is 17.9 Å². The van der Waals surface area contributed by atoms with Crippen molar-refractivity contribution in [3.05, 3.63) is 40.8 Å². The average molecular weight is 328 g/mol. The molecule has 0 aromatic heterocycles. The van der Waals surface area contributed by atoms with Gasteiger partial charge in [-0.3, -0.25) is 0 Å². The Hall–Kier alpha value is -1.10. The molecule has 1 atom stereocenters. The van der Waals surface area contributed by atoms with Crippen LogP contribution in [0.4, 0.5) is 13.2 Å². The van der Waals surface area contributed by atoms with Crippen molar-refractivity contribution in [3.63, 3.8) is 0 Å². The zero-order valence-electron chi connectivity index (χ0n) is 12.2. The van der Waals surface area contributed by atoms with Gasteiger partial charge in [-0.15, -0.1) is 0 Å². The first-order valence-electron chi connectivity index (χ1n) is 7.74. The molecule has 1 aliphatic carbocycles. The number of rotatable bonds is 3. The van der Waals surface area contributed by atoms with E-state index in [0.29, 0.717) is 23.0 Å². The van der Waals surface area contributed by atoms with Crippen LogP contribution >= 0.6 is 11.8 Å². The van der Waals surface area contributed by atoms with Gasteiger partial charge in [-0.1, -0.05) is 49.6 Å². The van der Waals surface area contributed by atoms with Gasteiger partial charge in [0.15, 0.2) is 0 Å². The molecule has 5 heteroatoms. The summed E-state index contributed by atoms with van der Waals surface area (Å²) >= 11 is -0.0103. The fraction of sp³-hybridized carbons (Fsp3) is 0.529. The van der Waals surface area contributed by atoms with Gasteiger partial charge >= 0.3 is 5.51 Å². The lowest BCUT2D eigenvalue weighted by molar-refractivity contribution is -0.0322. The highest BCUT2D eigenvalue weighted by molar-refractivity contribution is 8.04. The molecule has 0 spiro atoms. The zero-order chi connectivity index (χ0) is 15.6. The smallest absolute Gasteiger partial charge is 0.446 e. The molecular weight excluding hydrogens is 309 g/mol. The molecule has 0 bridgehead atoms. The van der Waals surface area contributed by atoms with Crippen LogP contribution < -0.4 is 0 Å². The first-order chi connectivity index (χ1) is 10.5. The van der Waals surface area contributed by atoms with Gasteiger partial charge in [0.25, 0.3) is 0 Å². The Kier molecular flexibility index (Phi) is 4.71. The summed E-state index contributed by atoms with van der Waals surface area (Å²) in [6.07, 6.45) is 5.97. The summed E-state index contributed by atoms with van der Waals surface area (Å²) in [4.78, 5) is 0.328. The van der Waals surface area contributed by atoms with Crippen molar-refractivity contribution in [2.45, 2.75) is 50.1 Å². The quantitative estimate of drug-likeness (QED) is 0.675. The summed E-state index contributed by atoms with van der Waals surface area (Å²) in [7, 11) is 0. The van der Waals surface area contributed by atoms with Crippen molar-refractivity contribution in [2.24, 2.45) is 5.92 Å². The Balaban J connectivity index is 1.81. The van der Waals surface area contributed by atoms with Crippen molar-refractivity contribution in [1.82, 2.24) is 0 Å². The number of alkyl halides is 3. The van der Waals surface area contributed by atoms with Crippen LogP contribution in [0.2, 0.25) is 0 Å². The topological polar surface area (TPSA) is 9.23 Å². The van der Waals surface area contributed by atoms with E-state index in [1.54, 1.807) is 0 Å². The van der Waals surface area contributed by atoms with Crippen LogP contribution in [-0.4, -0.2) is 11.6 Å². The molecule has 1 aliphatic heterocycles. The largest absolute Gasteiger partial charge is 0.488 e. The summed E-state index contributed by atoms with van der Waals surface area (Å²) in [5, 5.41) is 0. The first-order valence-corrected chi connectivity index (χ1v) is 8.55. The molecule has 0 N–H and O–H groups in total. The summed E-state index contributed by atoms with van der Waals surface area (Å²) in [6, 6.07) is 9.14. The normalized spacial score (nSPS) is 23.7. The Labute approximate surface area is 132 Å². The summed E-state index contributed by atoms with van der Waals surface area (Å²) in [6.45, 7) is 0. The standard InChI is InChI=1S/C17H19F3OS/c18-17(19,20)22-15-11-14(12-7-3-1-4-8-12)21-16(15)13-9-5-2-6-10-13/h2,5-6,9-10,12,14H,1,3-4,7-8,11H2. The van der Waals surface area contributed by atoms with Gasteiger partial charge in [0.2, 0.25) is 0 Å². The highest BCUT2D eigenvalue weighted by atomic mass is 32.2. The van der Waals surface area contributed by atoms with E-state index in [0.717, 1.165) is 31.2 Å². The van der Waals surface area contributed by atoms with Gasteiger partial charge in [0.05, 0.1) is 0 Å². The van der Waals surface area contributed by atoms with Crippen LogP contribution in [0, 0.1) is 5.92 Å². The first kappa shape index (κ1) is 15.8. The number of thioether (sulfide) groups is 1. The van der Waals surface area contributed by atoms with Crippen LogP contribution in [-0.2, 0) is 4.74 Å². The Morgan fingerprint density at radius 1 is 1.00 bits per heavy atom. The maximum Gasteiger partial charge on any atom is 0.446 e. The van der Waals surface area contributed by atoms with E-state index in [1.807, 2.05) is 30.3 Å². The Morgan fingerprint density at radius 3 is 2.32 bits per heavy atom. The predicted molar refractivity (Wildman–Crippen MR) is 83.1 cm³/mol. The fourth-order valence-corrected chi connectivity index (χ4v) is 4.13. The minimum Gasteiger partial charge on any atom is -0.488 e. The van der Waals surface area contributed by atoms with E-state index in [1.165, 1.54) is 6.42 Å². The molecule has 1 saturated carbocycles. The number of ether oxygens (including phenoxy) is 1. The monoisotopic (exact) mass is 328 g/mol. The molecule has 1 aromatic carbocycles. The third-order valence-electron chi connectivity index (χ3n) is 4.36. The molecule has 3 rings (SSSR count). The summed E-state index contributed by atoms with van der Waals surface area (Å²) in [5.74, 6) is 0.817. The number of benzene rings is 1. The number of halogens is 3. The summed E-state index contributed by atoms with van der Waals surface area (Å²) in [5.41, 5.74) is -3.52. The van der Waals surface area contributed by atoms with Gasteiger partial charge in [0, 0.05) is 16.9 Å². The Bertz CT molecular complexity index is 533. The molecule has 1 aromatic rings. The second-order valence-electron chi connectivity index (χ2n) is 5.92. The lowest BCUT2D eigenvalue weighted by Gasteiger charge is -2.27. The zero-order valence-corrected chi connectivity index (χ0v) is 13.1. The second-order valence-corrected chi connectivity index (χ2v) is 7.08. The SMILES string of the molecule is FC(F)(F)SC1=C(c2ccccc2)OC(C2CCCCC2)C1. The third-order valence-corrected chi connectivity index (χ3v) is 5.19. The summed E-state index contributed by atoms with van der Waals surface area (Å²) < 4.78 is 44.5. The van der Waals surface area contributed by atoms with E-state index in [9.17, 15) is 13.2 Å². The van der Waals surface area contributed by atoms with Crippen LogP contribution in [0.15, 0.2) is 35.2 Å². The van der Waals surface area contributed by atoms with Gasteiger partial charge in [-0.2, -0.15) is 13.2 Å². The second kappa shape index (κ2) is 6.57. The van der Waals surface area contributed by atoms with E-state index < -0.39 is 5.51 Å². The number of hydrogen-bond donors (Lipinski definition) is 0. The lowest BCUT2D eigenvalue weighted by atomic mass is 9.84. The highest BCUT2D eigenvalue weighted by Gasteiger charge is 2.39. The molecule has 1 fully saturated rings. The molecule has 120 valence electrons. The minimum atomic E-state index is -4.26. The maximum atomic E-state index is 12.8. The third kappa shape index (κ3) is 3.80. The molecule has 22 heavy (non-hydrogen) atoms. The molecular formula is C17H19F3OS. The van der Waals surface area contributed by atoms with Crippen LogP contribution in [0.25, 0.3) is 5.76 Å². The van der Waals surface area contributed by atoms with Gasteiger partial charge < -0.3 is 4.74 Å². The van der Waals surface area contributed by atoms with Gasteiger partial charge in [0.1, 0.15) is 11.9 Å². The van der Waals surface area contributed by atoms with Crippen molar-refractivity contribution < 1.29 is 17.9 Å². The molecule has 0 saturated heterocycles. The van der Waals surface area contributed by atoms with Crippen molar-refractivity contribution in [1.29, 1.82) is 0 Å². The van der Waals surface area contributed by atoms with E-state index in [2.05, 4.69) is 0 Å². The predicted octanol–water partition coefficient (Wildman–Crippen LogP) is 5.98. The molecule has 1 unspecified atom stereocenters. The number of hydrogen-bond acceptors (Lipinski definition) is 2. The molecule has 0 radical (unpaired) electrons. The van der Waals surface area contributed by atoms with Crippen molar-refractivity contribution in [2.75, 3.05) is 0 Å².